The maximum absolute atomic E-state index is 11.3. The summed E-state index contributed by atoms with van der Waals surface area (Å²) >= 11 is 6.12. The topological polar surface area (TPSA) is 17.1 Å². The van der Waals surface area contributed by atoms with E-state index in [-0.39, 0.29) is 0 Å². The molecule has 0 bridgehead atoms. The fourth-order valence-electron chi connectivity index (χ4n) is 2.53. The largest absolute Gasteiger partial charge is 0.298 e. The lowest BCUT2D eigenvalue weighted by Gasteiger charge is -2.18. The first-order valence-electron chi connectivity index (χ1n) is 7.33. The molecule has 0 aromatic heterocycles. The number of carbonyl (C=O) groups excluding carboxylic acids is 1. The van der Waals surface area contributed by atoms with E-state index in [2.05, 4.69) is 45.9 Å². The first-order valence-corrected chi connectivity index (χ1v) is 7.70. The van der Waals surface area contributed by atoms with Crippen LogP contribution in [0.3, 0.4) is 0 Å². The van der Waals surface area contributed by atoms with Gasteiger partial charge < -0.3 is 0 Å². The van der Waals surface area contributed by atoms with Gasteiger partial charge in [-0.2, -0.15) is 0 Å². The molecular formula is C19H21ClO. The van der Waals surface area contributed by atoms with E-state index in [0.717, 1.165) is 17.4 Å². The molecule has 0 atom stereocenters. The summed E-state index contributed by atoms with van der Waals surface area (Å²) in [6, 6.07) is 11.9. The number of rotatable bonds is 4. The van der Waals surface area contributed by atoms with Gasteiger partial charge in [-0.15, -0.1) is 0 Å². The van der Waals surface area contributed by atoms with Gasteiger partial charge in [-0.25, -0.2) is 0 Å². The van der Waals surface area contributed by atoms with Crippen molar-refractivity contribution in [3.63, 3.8) is 0 Å². The lowest BCUT2D eigenvalue weighted by molar-refractivity contribution is 0.112. The molecule has 0 saturated heterocycles. The summed E-state index contributed by atoms with van der Waals surface area (Å²) in [5.74, 6) is 0.874. The van der Waals surface area contributed by atoms with Crippen molar-refractivity contribution in [1.29, 1.82) is 0 Å². The third-order valence-corrected chi connectivity index (χ3v) is 4.03. The van der Waals surface area contributed by atoms with Crippen LogP contribution in [0.25, 0.3) is 11.1 Å². The van der Waals surface area contributed by atoms with Crippen molar-refractivity contribution in [2.75, 3.05) is 0 Å². The first kappa shape index (κ1) is 15.8. The normalized spacial score (nSPS) is 11.2. The minimum absolute atomic E-state index is 0.386. The summed E-state index contributed by atoms with van der Waals surface area (Å²) in [6.07, 6.45) is 0.895. The van der Waals surface area contributed by atoms with Gasteiger partial charge in [-0.1, -0.05) is 57.5 Å². The van der Waals surface area contributed by atoms with Crippen LogP contribution in [0.1, 0.15) is 61.0 Å². The van der Waals surface area contributed by atoms with Gasteiger partial charge in [-0.3, -0.25) is 4.79 Å². The molecule has 0 fully saturated rings. The van der Waals surface area contributed by atoms with Crippen LogP contribution in [0, 0.1) is 0 Å². The van der Waals surface area contributed by atoms with Crippen LogP contribution in [0.2, 0.25) is 5.02 Å². The van der Waals surface area contributed by atoms with Crippen LogP contribution < -0.4 is 0 Å². The second kappa shape index (κ2) is 6.44. The van der Waals surface area contributed by atoms with Gasteiger partial charge in [0.25, 0.3) is 0 Å². The molecular weight excluding hydrogens is 280 g/mol. The van der Waals surface area contributed by atoms with E-state index in [1.807, 2.05) is 6.07 Å². The Labute approximate surface area is 132 Å². The monoisotopic (exact) mass is 300 g/mol. The highest BCUT2D eigenvalue weighted by Gasteiger charge is 2.14. The number of hydrogen-bond acceptors (Lipinski definition) is 1. The quantitative estimate of drug-likeness (QED) is 0.627. The van der Waals surface area contributed by atoms with Crippen molar-refractivity contribution in [3.05, 3.63) is 58.1 Å². The Bertz CT molecular complexity index is 657. The summed E-state index contributed by atoms with van der Waals surface area (Å²) in [4.78, 5) is 11.3. The van der Waals surface area contributed by atoms with Gasteiger partial charge in [0.15, 0.2) is 6.29 Å². The zero-order valence-corrected chi connectivity index (χ0v) is 13.7. The number of hydrogen-bond donors (Lipinski definition) is 0. The van der Waals surface area contributed by atoms with E-state index in [9.17, 15) is 4.79 Å². The molecule has 0 spiro atoms. The van der Waals surface area contributed by atoms with Crippen molar-refractivity contribution in [2.45, 2.75) is 39.5 Å². The Morgan fingerprint density at radius 2 is 1.62 bits per heavy atom. The smallest absolute Gasteiger partial charge is 0.150 e. The van der Waals surface area contributed by atoms with Gasteiger partial charge >= 0.3 is 0 Å². The maximum atomic E-state index is 11.3. The molecule has 0 aliphatic carbocycles. The average molecular weight is 301 g/mol. The van der Waals surface area contributed by atoms with E-state index in [0.29, 0.717) is 22.4 Å². The number of benzene rings is 2. The molecule has 0 aliphatic heterocycles. The number of aldehydes is 1. The predicted molar refractivity (Wildman–Crippen MR) is 90.5 cm³/mol. The molecule has 0 aliphatic rings. The Balaban J connectivity index is 2.68. The van der Waals surface area contributed by atoms with Gasteiger partial charge in [0.2, 0.25) is 0 Å². The zero-order chi connectivity index (χ0) is 15.6. The molecule has 110 valence electrons. The molecule has 2 aromatic carbocycles. The summed E-state index contributed by atoms with van der Waals surface area (Å²) in [7, 11) is 0. The van der Waals surface area contributed by atoms with E-state index >= 15 is 0 Å². The first-order chi connectivity index (χ1) is 9.93. The molecule has 21 heavy (non-hydrogen) atoms. The zero-order valence-electron chi connectivity index (χ0n) is 13.0. The Hall–Kier alpha value is -1.60. The summed E-state index contributed by atoms with van der Waals surface area (Å²) < 4.78 is 0. The van der Waals surface area contributed by atoms with Gasteiger partial charge in [0.1, 0.15) is 0 Å². The van der Waals surface area contributed by atoms with Crippen LogP contribution in [0.4, 0.5) is 0 Å². The average Bonchev–Trinajstić information content (AvgIpc) is 2.46. The highest BCUT2D eigenvalue weighted by molar-refractivity contribution is 6.31. The van der Waals surface area contributed by atoms with Crippen molar-refractivity contribution in [3.8, 4) is 11.1 Å². The third kappa shape index (κ3) is 3.36. The lowest BCUT2D eigenvalue weighted by Crippen LogP contribution is -1.98. The van der Waals surface area contributed by atoms with Crippen LogP contribution in [-0.2, 0) is 0 Å². The van der Waals surface area contributed by atoms with Crippen LogP contribution >= 0.6 is 11.6 Å². The van der Waals surface area contributed by atoms with E-state index < -0.39 is 0 Å². The second-order valence-electron chi connectivity index (χ2n) is 6.01. The van der Waals surface area contributed by atoms with Gasteiger partial charge in [-0.05, 0) is 52.3 Å². The van der Waals surface area contributed by atoms with Crippen LogP contribution in [-0.4, -0.2) is 6.29 Å². The summed E-state index contributed by atoms with van der Waals surface area (Å²) in [5, 5.41) is 0.651. The van der Waals surface area contributed by atoms with Crippen molar-refractivity contribution >= 4 is 17.9 Å². The fourth-order valence-corrected chi connectivity index (χ4v) is 2.70. The number of halogens is 1. The Morgan fingerprint density at radius 3 is 2.19 bits per heavy atom. The molecule has 2 heteroatoms. The molecule has 0 amide bonds. The molecule has 2 aromatic rings. The SMILES string of the molecule is CC(C)c1ccc(-c2cc(Cl)ccc2C=O)c(C(C)C)c1. The second-order valence-corrected chi connectivity index (χ2v) is 6.44. The van der Waals surface area contributed by atoms with Gasteiger partial charge in [0.05, 0.1) is 0 Å². The Kier molecular flexibility index (Phi) is 4.84. The minimum Gasteiger partial charge on any atom is -0.298 e. The molecule has 0 unspecified atom stereocenters. The maximum Gasteiger partial charge on any atom is 0.150 e. The minimum atomic E-state index is 0.386. The molecule has 0 heterocycles. The fraction of sp³-hybridized carbons (Fsp3) is 0.316. The molecule has 0 N–H and O–H groups in total. The standard InChI is InChI=1S/C19H21ClO/c1-12(2)14-6-8-17(18(9-14)13(3)4)19-10-16(20)7-5-15(19)11-21/h5-13H,1-4H3. The van der Waals surface area contributed by atoms with E-state index in [4.69, 9.17) is 11.6 Å². The van der Waals surface area contributed by atoms with Crippen molar-refractivity contribution in [2.24, 2.45) is 0 Å². The van der Waals surface area contributed by atoms with Crippen molar-refractivity contribution in [1.82, 2.24) is 0 Å². The van der Waals surface area contributed by atoms with Gasteiger partial charge in [0, 0.05) is 10.6 Å². The molecule has 2 rings (SSSR count). The third-order valence-electron chi connectivity index (χ3n) is 3.80. The lowest BCUT2D eigenvalue weighted by atomic mass is 9.87. The predicted octanol–water partition coefficient (Wildman–Crippen LogP) is 6.07. The van der Waals surface area contributed by atoms with E-state index in [1.165, 1.54) is 11.1 Å². The summed E-state index contributed by atoms with van der Waals surface area (Å²) in [6.45, 7) is 8.73. The Morgan fingerprint density at radius 1 is 0.905 bits per heavy atom. The number of carbonyl (C=O) groups is 1. The highest BCUT2D eigenvalue weighted by Crippen LogP contribution is 2.34. The summed E-state index contributed by atoms with van der Waals surface area (Å²) in [5.41, 5.74) is 5.26. The highest BCUT2D eigenvalue weighted by atomic mass is 35.5. The molecule has 1 nitrogen and oxygen atoms in total. The molecule has 0 radical (unpaired) electrons. The van der Waals surface area contributed by atoms with E-state index in [1.54, 1.807) is 12.1 Å². The molecule has 0 saturated carbocycles. The van der Waals surface area contributed by atoms with Crippen LogP contribution in [0.5, 0.6) is 0 Å². The van der Waals surface area contributed by atoms with Crippen LogP contribution in [0.15, 0.2) is 36.4 Å². The van der Waals surface area contributed by atoms with Crippen molar-refractivity contribution < 1.29 is 4.79 Å².